The number of carboxylic acid groups (broad SMARTS) is 2. The fourth-order valence-corrected chi connectivity index (χ4v) is 4.96. The van der Waals surface area contributed by atoms with Crippen molar-refractivity contribution in [1.29, 1.82) is 0 Å². The highest BCUT2D eigenvalue weighted by Gasteiger charge is 2.28. The van der Waals surface area contributed by atoms with Crippen LogP contribution >= 0.6 is 0 Å². The lowest BCUT2D eigenvalue weighted by atomic mass is 10.0. The number of rotatable bonds is 7. The molecule has 10 heteroatoms. The van der Waals surface area contributed by atoms with Gasteiger partial charge in [0.15, 0.2) is 11.5 Å². The fourth-order valence-electron chi connectivity index (χ4n) is 4.96. The van der Waals surface area contributed by atoms with Gasteiger partial charge in [0.05, 0.1) is 21.3 Å². The number of piperazine rings is 1. The van der Waals surface area contributed by atoms with Crippen molar-refractivity contribution >= 4 is 17.6 Å². The molecule has 202 valence electrons. The Morgan fingerprint density at radius 2 is 1.38 bits per heavy atom. The topological polar surface area (TPSA) is 112 Å². The lowest BCUT2D eigenvalue weighted by Gasteiger charge is -2.43. The van der Waals surface area contributed by atoms with E-state index in [0.717, 1.165) is 57.1 Å². The van der Waals surface area contributed by atoms with Gasteiger partial charge in [0.1, 0.15) is 0 Å². The minimum absolute atomic E-state index is 0.675. The first-order chi connectivity index (χ1) is 17.9. The van der Waals surface area contributed by atoms with E-state index in [1.807, 2.05) is 6.07 Å². The van der Waals surface area contributed by atoms with Crippen molar-refractivity contribution in [3.63, 3.8) is 0 Å². The van der Waals surface area contributed by atoms with E-state index in [-0.39, 0.29) is 0 Å². The van der Waals surface area contributed by atoms with E-state index in [0.29, 0.717) is 17.5 Å². The van der Waals surface area contributed by atoms with Crippen LogP contribution in [0.25, 0.3) is 0 Å². The molecule has 2 N–H and O–H groups in total. The quantitative estimate of drug-likeness (QED) is 0.534. The molecule has 0 aromatic heterocycles. The molecule has 2 heterocycles. The van der Waals surface area contributed by atoms with Crippen molar-refractivity contribution in [1.82, 2.24) is 9.80 Å². The van der Waals surface area contributed by atoms with Crippen LogP contribution < -0.4 is 19.1 Å². The van der Waals surface area contributed by atoms with Crippen LogP contribution in [0.5, 0.6) is 17.2 Å². The number of aliphatic carboxylic acids is 2. The van der Waals surface area contributed by atoms with Gasteiger partial charge in [0.25, 0.3) is 0 Å². The molecule has 2 aromatic rings. The molecule has 2 aromatic carbocycles. The number of carbonyl (C=O) groups is 2. The zero-order valence-electron chi connectivity index (χ0n) is 21.8. The summed E-state index contributed by atoms with van der Waals surface area (Å²) in [6.07, 6.45) is 2.45. The summed E-state index contributed by atoms with van der Waals surface area (Å²) in [5.41, 5.74) is 2.50. The summed E-state index contributed by atoms with van der Waals surface area (Å²) in [4.78, 5) is 25.9. The molecule has 0 spiro atoms. The number of methoxy groups -OCH3 is 3. The van der Waals surface area contributed by atoms with Crippen molar-refractivity contribution in [2.45, 2.75) is 25.4 Å². The van der Waals surface area contributed by atoms with Gasteiger partial charge in [0.2, 0.25) is 5.75 Å². The summed E-state index contributed by atoms with van der Waals surface area (Å²) >= 11 is 0. The molecule has 10 nitrogen and oxygen atoms in total. The minimum Gasteiger partial charge on any atom is -0.493 e. The Kier molecular flexibility index (Phi) is 10.4. The molecule has 0 amide bonds. The number of para-hydroxylation sites is 1. The number of ether oxygens (including phenoxy) is 3. The average Bonchev–Trinajstić information content (AvgIpc) is 2.94. The Hall–Kier alpha value is -3.50. The van der Waals surface area contributed by atoms with Crippen molar-refractivity contribution in [2.24, 2.45) is 0 Å². The van der Waals surface area contributed by atoms with Gasteiger partial charge in [-0.1, -0.05) is 24.3 Å². The smallest absolute Gasteiger partial charge is 0.414 e. The highest BCUT2D eigenvalue weighted by Crippen LogP contribution is 2.40. The second-order valence-corrected chi connectivity index (χ2v) is 8.97. The SMILES string of the molecule is COc1ccc(CN2CCC(N3CCN(c4ccccc4)CC3)CC2)c(OC)c1OC.O=C(O)C(=O)O. The van der Waals surface area contributed by atoms with Crippen LogP contribution in [0, 0.1) is 0 Å². The summed E-state index contributed by atoms with van der Waals surface area (Å²) < 4.78 is 16.6. The minimum atomic E-state index is -1.82. The molecule has 2 saturated heterocycles. The highest BCUT2D eigenvalue weighted by molar-refractivity contribution is 6.27. The van der Waals surface area contributed by atoms with Crippen LogP contribution in [0.2, 0.25) is 0 Å². The normalized spacial score (nSPS) is 16.9. The van der Waals surface area contributed by atoms with Crippen LogP contribution in [0.1, 0.15) is 18.4 Å². The standard InChI is InChI=1S/C25H35N3O3.C2H2O4/c1-29-23-10-9-20(24(30-2)25(23)31-3)19-26-13-11-22(12-14-26)28-17-15-27(16-18-28)21-7-5-4-6-8-21;3-1(4)2(5)6/h4-10,22H,11-19H2,1-3H3;(H,3,4)(H,5,6). The molecule has 0 saturated carbocycles. The third kappa shape index (κ3) is 7.50. The molecule has 4 rings (SSSR count). The van der Waals surface area contributed by atoms with E-state index in [4.69, 9.17) is 34.0 Å². The summed E-state index contributed by atoms with van der Waals surface area (Å²) in [7, 11) is 5.01. The van der Waals surface area contributed by atoms with E-state index < -0.39 is 11.9 Å². The Bertz CT molecular complexity index is 1010. The zero-order chi connectivity index (χ0) is 26.8. The predicted molar refractivity (Wildman–Crippen MR) is 140 cm³/mol. The number of hydrogen-bond acceptors (Lipinski definition) is 8. The van der Waals surface area contributed by atoms with Gasteiger partial charge in [0, 0.05) is 50.0 Å². The summed E-state index contributed by atoms with van der Waals surface area (Å²) in [5, 5.41) is 14.8. The van der Waals surface area contributed by atoms with Crippen LogP contribution in [0.4, 0.5) is 5.69 Å². The molecule has 0 atom stereocenters. The maximum atomic E-state index is 9.10. The number of nitrogens with zero attached hydrogens (tertiary/aromatic N) is 3. The van der Waals surface area contributed by atoms with Crippen LogP contribution in [0.15, 0.2) is 42.5 Å². The molecule has 2 aliphatic rings. The summed E-state index contributed by atoms with van der Waals surface area (Å²) in [6, 6.07) is 15.5. The maximum absolute atomic E-state index is 9.10. The van der Waals surface area contributed by atoms with Crippen molar-refractivity contribution in [3.8, 4) is 17.2 Å². The number of benzene rings is 2. The third-order valence-corrected chi connectivity index (χ3v) is 6.87. The van der Waals surface area contributed by atoms with Gasteiger partial charge in [-0.3, -0.25) is 9.80 Å². The number of carboxylic acids is 2. The Labute approximate surface area is 217 Å². The second kappa shape index (κ2) is 13.7. The van der Waals surface area contributed by atoms with E-state index in [9.17, 15) is 0 Å². The number of piperidine rings is 1. The number of anilines is 1. The third-order valence-electron chi connectivity index (χ3n) is 6.87. The first kappa shape index (κ1) is 28.1. The highest BCUT2D eigenvalue weighted by atomic mass is 16.5. The van der Waals surface area contributed by atoms with E-state index >= 15 is 0 Å². The molecule has 0 unspecified atom stereocenters. The van der Waals surface area contributed by atoms with Crippen LogP contribution in [-0.2, 0) is 16.1 Å². The largest absolute Gasteiger partial charge is 0.493 e. The van der Waals surface area contributed by atoms with Crippen molar-refractivity contribution in [3.05, 3.63) is 48.0 Å². The van der Waals surface area contributed by atoms with Crippen LogP contribution in [-0.4, -0.2) is 98.6 Å². The molecule has 2 aliphatic heterocycles. The molecule has 0 radical (unpaired) electrons. The van der Waals surface area contributed by atoms with Gasteiger partial charge < -0.3 is 29.3 Å². The predicted octanol–water partition coefficient (Wildman–Crippen LogP) is 2.65. The molecular formula is C27H37N3O7. The molecular weight excluding hydrogens is 478 g/mol. The number of hydrogen-bond donors (Lipinski definition) is 2. The summed E-state index contributed by atoms with van der Waals surface area (Å²) in [5.74, 6) is -1.49. The monoisotopic (exact) mass is 515 g/mol. The number of likely N-dealkylation sites (tertiary alicyclic amines) is 1. The van der Waals surface area contributed by atoms with Crippen LogP contribution in [0.3, 0.4) is 0 Å². The Balaban J connectivity index is 0.000000568. The van der Waals surface area contributed by atoms with Crippen molar-refractivity contribution in [2.75, 3.05) is 65.5 Å². The summed E-state index contributed by atoms with van der Waals surface area (Å²) in [6.45, 7) is 7.65. The average molecular weight is 516 g/mol. The molecule has 0 aliphatic carbocycles. The Morgan fingerprint density at radius 1 is 0.784 bits per heavy atom. The van der Waals surface area contributed by atoms with Gasteiger partial charge in [-0.15, -0.1) is 0 Å². The van der Waals surface area contributed by atoms with Gasteiger partial charge in [-0.2, -0.15) is 0 Å². The zero-order valence-corrected chi connectivity index (χ0v) is 21.8. The maximum Gasteiger partial charge on any atom is 0.414 e. The first-order valence-corrected chi connectivity index (χ1v) is 12.4. The lowest BCUT2D eigenvalue weighted by Crippen LogP contribution is -2.53. The first-order valence-electron chi connectivity index (χ1n) is 12.4. The second-order valence-electron chi connectivity index (χ2n) is 8.97. The van der Waals surface area contributed by atoms with Gasteiger partial charge >= 0.3 is 11.9 Å². The van der Waals surface area contributed by atoms with E-state index in [2.05, 4.69) is 51.1 Å². The van der Waals surface area contributed by atoms with Crippen molar-refractivity contribution < 1.29 is 34.0 Å². The molecule has 37 heavy (non-hydrogen) atoms. The molecule has 2 fully saturated rings. The van der Waals surface area contributed by atoms with Gasteiger partial charge in [-0.25, -0.2) is 9.59 Å². The van der Waals surface area contributed by atoms with E-state index in [1.165, 1.54) is 18.5 Å². The fraction of sp³-hybridized carbons (Fsp3) is 0.481. The van der Waals surface area contributed by atoms with E-state index in [1.54, 1.807) is 21.3 Å². The Morgan fingerprint density at radius 3 is 1.89 bits per heavy atom. The molecule has 0 bridgehead atoms. The van der Waals surface area contributed by atoms with Gasteiger partial charge in [-0.05, 0) is 44.1 Å². The lowest BCUT2D eigenvalue weighted by molar-refractivity contribution is -0.159.